The Hall–Kier alpha value is -2.20. The van der Waals surface area contributed by atoms with Crippen molar-refractivity contribution in [3.05, 3.63) is 47.0 Å². The monoisotopic (exact) mass is 404 g/mol. The van der Waals surface area contributed by atoms with Crippen molar-refractivity contribution in [2.24, 2.45) is 0 Å². The lowest BCUT2D eigenvalue weighted by Gasteiger charge is -2.11. The van der Waals surface area contributed by atoms with Crippen molar-refractivity contribution in [3.63, 3.8) is 0 Å². The van der Waals surface area contributed by atoms with Crippen LogP contribution in [0.25, 0.3) is 5.65 Å². The first kappa shape index (κ1) is 18.6. The summed E-state index contributed by atoms with van der Waals surface area (Å²) in [6.45, 7) is 1.82. The van der Waals surface area contributed by atoms with Gasteiger partial charge in [0.05, 0.1) is 28.6 Å². The van der Waals surface area contributed by atoms with Crippen molar-refractivity contribution < 1.29 is 22.4 Å². The second-order valence-corrected chi connectivity index (χ2v) is 7.02. The number of rotatable bonds is 5. The van der Waals surface area contributed by atoms with Gasteiger partial charge in [-0.3, -0.25) is 9.20 Å². The van der Waals surface area contributed by atoms with Gasteiger partial charge in [0.25, 0.3) is 0 Å². The third-order valence-electron chi connectivity index (χ3n) is 3.42. The van der Waals surface area contributed by atoms with Crippen molar-refractivity contribution in [2.45, 2.75) is 30.1 Å². The zero-order valence-corrected chi connectivity index (χ0v) is 14.8. The second-order valence-electron chi connectivity index (χ2n) is 5.31. The zero-order chi connectivity index (χ0) is 18.9. The van der Waals surface area contributed by atoms with Gasteiger partial charge >= 0.3 is 6.18 Å². The molecule has 0 bridgehead atoms. The smallest absolute Gasteiger partial charge is 0.417 e. The number of amides is 1. The summed E-state index contributed by atoms with van der Waals surface area (Å²) in [7, 11) is 0. The first-order chi connectivity index (χ1) is 12.3. The predicted molar refractivity (Wildman–Crippen MR) is 88.9 cm³/mol. The van der Waals surface area contributed by atoms with Gasteiger partial charge in [-0.25, -0.2) is 0 Å². The van der Waals surface area contributed by atoms with Gasteiger partial charge in [0.2, 0.25) is 5.91 Å². The molecule has 3 heterocycles. The number of nitrogens with one attached hydrogen (secondary N) is 1. The summed E-state index contributed by atoms with van der Waals surface area (Å²) in [4.78, 5) is 12.2. The average Bonchev–Trinajstić information content (AvgIpc) is 3.22. The molecule has 0 unspecified atom stereocenters. The normalized spacial score (nSPS) is 13.1. The highest BCUT2D eigenvalue weighted by Crippen LogP contribution is 2.33. The van der Waals surface area contributed by atoms with Crippen molar-refractivity contribution in [3.8, 4) is 0 Å². The quantitative estimate of drug-likeness (QED) is 0.655. The number of hydrogen-bond donors (Lipinski definition) is 1. The minimum atomic E-state index is -4.56. The molecule has 0 aromatic carbocycles. The van der Waals surface area contributed by atoms with Crippen molar-refractivity contribution in [1.82, 2.24) is 19.9 Å². The van der Waals surface area contributed by atoms with E-state index in [1.807, 2.05) is 0 Å². The maximum atomic E-state index is 13.0. The van der Waals surface area contributed by atoms with Crippen LogP contribution in [-0.4, -0.2) is 25.8 Å². The average molecular weight is 405 g/mol. The second kappa shape index (κ2) is 7.20. The lowest BCUT2D eigenvalue weighted by atomic mass is 10.3. The number of fused-ring (bicyclic) bond motifs is 1. The molecule has 11 heteroatoms. The van der Waals surface area contributed by atoms with Crippen LogP contribution in [-0.2, 0) is 17.5 Å². The number of halogens is 4. The van der Waals surface area contributed by atoms with E-state index in [4.69, 9.17) is 16.0 Å². The largest absolute Gasteiger partial charge is 0.467 e. The molecule has 0 aliphatic heterocycles. The topological polar surface area (TPSA) is 72.4 Å². The summed E-state index contributed by atoms with van der Waals surface area (Å²) in [5, 5.41) is 9.64. The SMILES string of the molecule is C[C@@H](Sc1nnc2c(Cl)cc(C(F)(F)F)cn12)C(=O)NCc1ccco1. The summed E-state index contributed by atoms with van der Waals surface area (Å²) in [6, 6.07) is 4.20. The van der Waals surface area contributed by atoms with Crippen molar-refractivity contribution in [2.75, 3.05) is 0 Å². The number of alkyl halides is 3. The van der Waals surface area contributed by atoms with Gasteiger partial charge in [0, 0.05) is 6.20 Å². The number of aromatic nitrogens is 3. The van der Waals surface area contributed by atoms with E-state index >= 15 is 0 Å². The third kappa shape index (κ3) is 3.96. The molecule has 0 saturated carbocycles. The van der Waals surface area contributed by atoms with E-state index < -0.39 is 17.0 Å². The summed E-state index contributed by atoms with van der Waals surface area (Å²) in [5.41, 5.74) is -0.836. The standard InChI is InChI=1S/C15H12ClF3N4O2S/c1-8(13(24)20-6-10-3-2-4-25-10)26-14-22-21-12-11(16)5-9(7-23(12)14)15(17,18)19/h2-5,7-8H,6H2,1H3,(H,20,24)/t8-/m1/s1. The summed E-state index contributed by atoms with van der Waals surface area (Å²) in [5.74, 6) is 0.270. The number of pyridine rings is 1. The van der Waals surface area contributed by atoms with Crippen LogP contribution in [0.5, 0.6) is 0 Å². The van der Waals surface area contributed by atoms with E-state index in [1.54, 1.807) is 19.1 Å². The van der Waals surface area contributed by atoms with Crippen molar-refractivity contribution >= 4 is 34.9 Å². The molecule has 0 aliphatic rings. The molecule has 0 spiro atoms. The van der Waals surface area contributed by atoms with Crippen LogP contribution in [0.3, 0.4) is 0 Å². The lowest BCUT2D eigenvalue weighted by Crippen LogP contribution is -2.30. The number of thioether (sulfide) groups is 1. The van der Waals surface area contributed by atoms with E-state index in [-0.39, 0.29) is 28.3 Å². The van der Waals surface area contributed by atoms with E-state index in [0.29, 0.717) is 5.76 Å². The number of hydrogen-bond acceptors (Lipinski definition) is 5. The highest BCUT2D eigenvalue weighted by Gasteiger charge is 2.32. The molecule has 3 rings (SSSR count). The number of nitrogens with zero attached hydrogens (tertiary/aromatic N) is 3. The van der Waals surface area contributed by atoms with Gasteiger partial charge in [-0.05, 0) is 25.1 Å². The number of furan rings is 1. The molecule has 0 fully saturated rings. The minimum Gasteiger partial charge on any atom is -0.467 e. The fourth-order valence-corrected chi connectivity index (χ4v) is 3.21. The highest BCUT2D eigenvalue weighted by molar-refractivity contribution is 8.00. The Morgan fingerprint density at radius 1 is 1.46 bits per heavy atom. The molecule has 3 aromatic rings. The molecule has 1 amide bonds. The molecule has 26 heavy (non-hydrogen) atoms. The Bertz CT molecular complexity index is 927. The fraction of sp³-hybridized carbons (Fsp3) is 0.267. The Labute approximate surface area is 154 Å². The molecule has 138 valence electrons. The molecular formula is C15H12ClF3N4O2S. The van der Waals surface area contributed by atoms with Crippen LogP contribution in [0.2, 0.25) is 5.02 Å². The number of carbonyl (C=O) groups excluding carboxylic acids is 1. The van der Waals surface area contributed by atoms with Gasteiger partial charge in [-0.2, -0.15) is 13.2 Å². The van der Waals surface area contributed by atoms with Gasteiger partial charge in [-0.15, -0.1) is 10.2 Å². The van der Waals surface area contributed by atoms with Crippen LogP contribution < -0.4 is 5.32 Å². The predicted octanol–water partition coefficient (Wildman–Crippen LogP) is 3.79. The Morgan fingerprint density at radius 2 is 2.23 bits per heavy atom. The van der Waals surface area contributed by atoms with Crippen molar-refractivity contribution in [1.29, 1.82) is 0 Å². The van der Waals surface area contributed by atoms with Gasteiger partial charge in [-0.1, -0.05) is 23.4 Å². The van der Waals surface area contributed by atoms with Crippen LogP contribution in [0, 0.1) is 0 Å². The van der Waals surface area contributed by atoms with E-state index in [9.17, 15) is 18.0 Å². The number of carbonyl (C=O) groups is 1. The molecule has 0 radical (unpaired) electrons. The summed E-state index contributed by atoms with van der Waals surface area (Å²) >= 11 is 6.84. The van der Waals surface area contributed by atoms with Gasteiger partial charge in [0.15, 0.2) is 10.8 Å². The third-order valence-corrected chi connectivity index (χ3v) is 4.76. The van der Waals surface area contributed by atoms with Gasteiger partial charge in [0.1, 0.15) is 5.76 Å². The first-order valence-corrected chi connectivity index (χ1v) is 8.59. The molecular weight excluding hydrogens is 393 g/mol. The van der Waals surface area contributed by atoms with E-state index in [0.717, 1.165) is 28.4 Å². The molecule has 1 atom stereocenters. The molecule has 3 aromatic heterocycles. The maximum Gasteiger partial charge on any atom is 0.417 e. The molecule has 0 saturated heterocycles. The van der Waals surface area contributed by atoms with E-state index in [2.05, 4.69) is 15.5 Å². The zero-order valence-electron chi connectivity index (χ0n) is 13.2. The molecule has 6 nitrogen and oxygen atoms in total. The first-order valence-electron chi connectivity index (χ1n) is 7.34. The van der Waals surface area contributed by atoms with Gasteiger partial charge < -0.3 is 9.73 Å². The summed E-state index contributed by atoms with van der Waals surface area (Å²) < 4.78 is 45.1. The molecule has 0 aliphatic carbocycles. The van der Waals surface area contributed by atoms with E-state index in [1.165, 1.54) is 6.26 Å². The Kier molecular flexibility index (Phi) is 5.15. The van der Waals surface area contributed by atoms with Crippen LogP contribution in [0.1, 0.15) is 18.2 Å². The van der Waals surface area contributed by atoms with Crippen LogP contribution >= 0.6 is 23.4 Å². The maximum absolute atomic E-state index is 13.0. The lowest BCUT2D eigenvalue weighted by molar-refractivity contribution is -0.137. The molecule has 1 N–H and O–H groups in total. The Morgan fingerprint density at radius 3 is 2.88 bits per heavy atom. The Balaban J connectivity index is 1.77. The van der Waals surface area contributed by atoms with Crippen LogP contribution in [0.4, 0.5) is 13.2 Å². The summed E-state index contributed by atoms with van der Waals surface area (Å²) in [6.07, 6.45) is -2.21. The van der Waals surface area contributed by atoms with Crippen LogP contribution in [0.15, 0.2) is 40.2 Å². The minimum absolute atomic E-state index is 0.0883. The fourth-order valence-electron chi connectivity index (χ4n) is 2.11. The highest BCUT2D eigenvalue weighted by atomic mass is 35.5.